The van der Waals surface area contributed by atoms with Crippen LogP contribution in [0.4, 0.5) is 0 Å². The highest BCUT2D eigenvalue weighted by molar-refractivity contribution is 6.24. The molecule has 0 fully saturated rings. The monoisotopic (exact) mass is 726 g/mol. The average Bonchev–Trinajstić information content (AvgIpc) is 3.51. The number of hydrogen-bond acceptors (Lipinski definition) is 2. The van der Waals surface area contributed by atoms with Gasteiger partial charge < -0.3 is 0 Å². The summed E-state index contributed by atoms with van der Waals surface area (Å²) in [4.78, 5) is 10.6. The summed E-state index contributed by atoms with van der Waals surface area (Å²) in [6, 6.07) is 68.2. The first-order chi connectivity index (χ1) is 28.0. The number of fused-ring (bicyclic) bond motifs is 9. The van der Waals surface area contributed by atoms with Gasteiger partial charge in [-0.3, -0.25) is 4.98 Å². The molecule has 2 nitrogen and oxygen atoms in total. The Hall–Kier alpha value is -7.16. The molecule has 9 aromatic carbocycles. The zero-order valence-electron chi connectivity index (χ0n) is 31.9. The van der Waals surface area contributed by atoms with E-state index in [0.717, 1.165) is 38.6 Å². The first-order valence-corrected chi connectivity index (χ1v) is 19.7. The fourth-order valence-corrected chi connectivity index (χ4v) is 9.10. The highest BCUT2D eigenvalue weighted by Gasteiger charge is 2.35. The van der Waals surface area contributed by atoms with Gasteiger partial charge in [0.15, 0.2) is 0 Å². The van der Waals surface area contributed by atoms with Gasteiger partial charge in [-0.05, 0) is 108 Å². The van der Waals surface area contributed by atoms with Crippen LogP contribution < -0.4 is 0 Å². The average molecular weight is 727 g/mol. The van der Waals surface area contributed by atoms with E-state index in [0.29, 0.717) is 0 Å². The van der Waals surface area contributed by atoms with Crippen LogP contribution in [-0.2, 0) is 5.41 Å². The molecule has 10 aromatic rings. The van der Waals surface area contributed by atoms with Crippen molar-refractivity contribution in [1.82, 2.24) is 9.97 Å². The van der Waals surface area contributed by atoms with Crippen molar-refractivity contribution in [3.8, 4) is 66.9 Å². The van der Waals surface area contributed by atoms with Crippen molar-refractivity contribution in [2.75, 3.05) is 0 Å². The lowest BCUT2D eigenvalue weighted by Crippen LogP contribution is -2.14. The number of nitrogens with zero attached hydrogens (tertiary/aromatic N) is 2. The minimum Gasteiger partial charge on any atom is -0.252 e. The van der Waals surface area contributed by atoms with Crippen molar-refractivity contribution in [2.24, 2.45) is 0 Å². The van der Waals surface area contributed by atoms with Crippen LogP contribution in [0.2, 0.25) is 0 Å². The van der Waals surface area contributed by atoms with E-state index in [1.807, 2.05) is 6.20 Å². The van der Waals surface area contributed by atoms with Gasteiger partial charge >= 0.3 is 0 Å². The quantitative estimate of drug-likeness (QED) is 0.165. The molecular weight excluding hydrogens is 689 g/mol. The molecule has 0 atom stereocenters. The summed E-state index contributed by atoms with van der Waals surface area (Å²) in [6.45, 7) is 4.68. The summed E-state index contributed by atoms with van der Waals surface area (Å²) in [5.41, 5.74) is 18.7. The van der Waals surface area contributed by atoms with E-state index >= 15 is 0 Å². The van der Waals surface area contributed by atoms with Gasteiger partial charge in [0, 0.05) is 21.8 Å². The second-order valence-corrected chi connectivity index (χ2v) is 15.8. The Morgan fingerprint density at radius 3 is 1.46 bits per heavy atom. The van der Waals surface area contributed by atoms with Crippen LogP contribution in [0, 0.1) is 0 Å². The molecule has 57 heavy (non-hydrogen) atoms. The second-order valence-electron chi connectivity index (χ2n) is 15.8. The summed E-state index contributed by atoms with van der Waals surface area (Å²) in [5.74, 6) is 0. The van der Waals surface area contributed by atoms with Crippen molar-refractivity contribution in [3.63, 3.8) is 0 Å². The van der Waals surface area contributed by atoms with E-state index in [1.54, 1.807) is 0 Å². The van der Waals surface area contributed by atoms with Crippen LogP contribution in [0.5, 0.6) is 0 Å². The van der Waals surface area contributed by atoms with Crippen LogP contribution >= 0.6 is 0 Å². The normalized spacial score (nSPS) is 12.9. The van der Waals surface area contributed by atoms with Gasteiger partial charge in [-0.2, -0.15) is 0 Å². The van der Waals surface area contributed by atoms with E-state index in [4.69, 9.17) is 9.97 Å². The molecule has 1 aliphatic rings. The van der Waals surface area contributed by atoms with Crippen molar-refractivity contribution in [1.29, 1.82) is 0 Å². The fourth-order valence-electron chi connectivity index (χ4n) is 9.10. The standard InChI is InChI=1S/C55H38N2/c1-55(2)50-22-10-9-21-44(50)45-26-23-42(33-51(45)55)38-18-11-17-37(29-38)39-19-12-20-43(30-39)52-34-56-53-46-27-24-40(35-13-5-3-6-14-35)31-48(46)49-32-41(36-15-7-4-8-16-36)25-28-47(49)54(53)57-52/h3-34H,1-2H3. The minimum absolute atomic E-state index is 0.0400. The molecular formula is C55H38N2. The summed E-state index contributed by atoms with van der Waals surface area (Å²) in [7, 11) is 0. The number of hydrogen-bond donors (Lipinski definition) is 0. The molecule has 0 radical (unpaired) electrons. The molecule has 1 heterocycles. The zero-order chi connectivity index (χ0) is 38.1. The van der Waals surface area contributed by atoms with Crippen LogP contribution in [0.3, 0.4) is 0 Å². The highest BCUT2D eigenvalue weighted by atomic mass is 14.8. The van der Waals surface area contributed by atoms with Gasteiger partial charge in [0.25, 0.3) is 0 Å². The van der Waals surface area contributed by atoms with E-state index in [9.17, 15) is 0 Å². The lowest BCUT2D eigenvalue weighted by atomic mass is 9.81. The molecule has 0 aliphatic heterocycles. The lowest BCUT2D eigenvalue weighted by Gasteiger charge is -2.22. The van der Waals surface area contributed by atoms with Gasteiger partial charge in [-0.1, -0.05) is 172 Å². The van der Waals surface area contributed by atoms with Crippen molar-refractivity contribution in [3.05, 3.63) is 205 Å². The fraction of sp³-hybridized carbons (Fsp3) is 0.0545. The summed E-state index contributed by atoms with van der Waals surface area (Å²) in [5, 5.41) is 4.55. The molecule has 0 saturated heterocycles. The Labute approximate surface area is 332 Å². The van der Waals surface area contributed by atoms with Crippen molar-refractivity contribution in [2.45, 2.75) is 19.3 Å². The van der Waals surface area contributed by atoms with Gasteiger partial charge in [0.2, 0.25) is 0 Å². The van der Waals surface area contributed by atoms with Gasteiger partial charge in [0.05, 0.1) is 22.9 Å². The molecule has 0 amide bonds. The molecule has 11 rings (SSSR count). The topological polar surface area (TPSA) is 25.8 Å². The summed E-state index contributed by atoms with van der Waals surface area (Å²) < 4.78 is 0. The van der Waals surface area contributed by atoms with Gasteiger partial charge in [0.1, 0.15) is 0 Å². The minimum atomic E-state index is -0.0400. The molecule has 1 aromatic heterocycles. The lowest BCUT2D eigenvalue weighted by molar-refractivity contribution is 0.660. The highest BCUT2D eigenvalue weighted by Crippen LogP contribution is 2.49. The first-order valence-electron chi connectivity index (χ1n) is 19.7. The van der Waals surface area contributed by atoms with Crippen molar-refractivity contribution >= 4 is 32.6 Å². The number of aromatic nitrogens is 2. The van der Waals surface area contributed by atoms with Crippen LogP contribution in [-0.4, -0.2) is 9.97 Å². The van der Waals surface area contributed by atoms with Crippen LogP contribution in [0.25, 0.3) is 99.5 Å². The van der Waals surface area contributed by atoms with Crippen molar-refractivity contribution < 1.29 is 0 Å². The first kappa shape index (κ1) is 33.2. The molecule has 268 valence electrons. The number of rotatable bonds is 5. The molecule has 2 heteroatoms. The molecule has 0 bridgehead atoms. The Kier molecular flexibility index (Phi) is 7.55. The van der Waals surface area contributed by atoms with Crippen LogP contribution in [0.1, 0.15) is 25.0 Å². The van der Waals surface area contributed by atoms with Crippen LogP contribution in [0.15, 0.2) is 194 Å². The zero-order valence-corrected chi connectivity index (χ0v) is 31.9. The largest absolute Gasteiger partial charge is 0.252 e. The SMILES string of the molecule is CC1(C)c2ccccc2-c2ccc(-c3cccc(-c4cccc(-c5cnc6c7ccc(-c8ccccc8)cc7c7cc(-c8ccccc8)ccc7c6n5)c4)c3)cc21. The maximum Gasteiger partial charge on any atom is 0.0979 e. The Morgan fingerprint density at radius 2 is 0.807 bits per heavy atom. The Balaban J connectivity index is 1.01. The molecule has 1 aliphatic carbocycles. The molecule has 0 spiro atoms. The maximum atomic E-state index is 5.41. The van der Waals surface area contributed by atoms with Gasteiger partial charge in [-0.15, -0.1) is 0 Å². The third-order valence-electron chi connectivity index (χ3n) is 12.1. The van der Waals surface area contributed by atoms with E-state index in [-0.39, 0.29) is 5.41 Å². The third kappa shape index (κ3) is 5.48. The summed E-state index contributed by atoms with van der Waals surface area (Å²) >= 11 is 0. The Bertz CT molecular complexity index is 3200. The predicted octanol–water partition coefficient (Wildman–Crippen LogP) is 14.6. The smallest absolute Gasteiger partial charge is 0.0979 e. The number of benzene rings is 9. The summed E-state index contributed by atoms with van der Waals surface area (Å²) in [6.07, 6.45) is 1.94. The predicted molar refractivity (Wildman–Crippen MR) is 239 cm³/mol. The van der Waals surface area contributed by atoms with E-state index in [2.05, 4.69) is 202 Å². The van der Waals surface area contributed by atoms with E-state index in [1.165, 1.54) is 72.0 Å². The maximum absolute atomic E-state index is 5.41. The van der Waals surface area contributed by atoms with E-state index < -0.39 is 0 Å². The third-order valence-corrected chi connectivity index (χ3v) is 12.1. The molecule has 0 N–H and O–H groups in total. The van der Waals surface area contributed by atoms with Gasteiger partial charge in [-0.25, -0.2) is 4.98 Å². The molecule has 0 unspecified atom stereocenters. The second kappa shape index (κ2) is 13.0. The molecule has 0 saturated carbocycles. The Morgan fingerprint density at radius 1 is 0.333 bits per heavy atom.